The summed E-state index contributed by atoms with van der Waals surface area (Å²) in [6.07, 6.45) is 3.44. The molecule has 0 atom stereocenters. The predicted octanol–water partition coefficient (Wildman–Crippen LogP) is 3.67. The van der Waals surface area contributed by atoms with Crippen LogP contribution in [0.3, 0.4) is 0 Å². The van der Waals surface area contributed by atoms with Gasteiger partial charge in [0.15, 0.2) is 0 Å². The quantitative estimate of drug-likeness (QED) is 0.781. The van der Waals surface area contributed by atoms with E-state index in [1.54, 1.807) is 12.4 Å². The molecule has 4 nitrogen and oxygen atoms in total. The molecule has 0 spiro atoms. The maximum atomic E-state index is 6.50. The molecule has 0 N–H and O–H groups in total. The van der Waals surface area contributed by atoms with Gasteiger partial charge < -0.3 is 14.2 Å². The first-order valence-corrected chi connectivity index (χ1v) is 8.83. The smallest absolute Gasteiger partial charge is 0.399 e. The topological polar surface area (TPSA) is 34.6 Å². The highest BCUT2D eigenvalue weighted by atomic mass is 35.5. The Balaban J connectivity index is 1.93. The van der Waals surface area contributed by atoms with Gasteiger partial charge in [-0.2, -0.15) is 0 Å². The molecule has 1 aromatic carbocycles. The Morgan fingerprint density at radius 2 is 1.64 bits per heavy atom. The van der Waals surface area contributed by atoms with E-state index in [1.807, 2.05) is 52.9 Å². The van der Waals surface area contributed by atoms with Gasteiger partial charge in [-0.3, -0.25) is 4.98 Å². The van der Waals surface area contributed by atoms with Crippen molar-refractivity contribution < 1.29 is 9.31 Å². The number of rotatable bonds is 4. The normalized spacial score (nSPS) is 18.4. The van der Waals surface area contributed by atoms with Crippen molar-refractivity contribution in [3.05, 3.63) is 53.3 Å². The fraction of sp³-hybridized carbons (Fsp3) is 0.421. The molecule has 0 unspecified atom stereocenters. The summed E-state index contributed by atoms with van der Waals surface area (Å²) in [5, 5.41) is 0.589. The summed E-state index contributed by atoms with van der Waals surface area (Å²) in [5.74, 6) is 0. The minimum absolute atomic E-state index is 0.407. The third-order valence-corrected chi connectivity index (χ3v) is 5.33. The fourth-order valence-corrected chi connectivity index (χ4v) is 3.23. The Bertz CT molecular complexity index is 736. The summed E-state index contributed by atoms with van der Waals surface area (Å²) < 4.78 is 12.4. The van der Waals surface area contributed by atoms with Crippen LogP contribution in [0.15, 0.2) is 42.7 Å². The molecule has 2 heterocycles. The van der Waals surface area contributed by atoms with Gasteiger partial charge in [-0.05, 0) is 33.3 Å². The van der Waals surface area contributed by atoms with E-state index in [9.17, 15) is 0 Å². The zero-order valence-electron chi connectivity index (χ0n) is 15.4. The lowest BCUT2D eigenvalue weighted by Crippen LogP contribution is -2.41. The van der Waals surface area contributed by atoms with Crippen molar-refractivity contribution >= 4 is 29.9 Å². The van der Waals surface area contributed by atoms with Crippen molar-refractivity contribution in [3.63, 3.8) is 0 Å². The molecule has 3 rings (SSSR count). The molecule has 1 fully saturated rings. The SMILES string of the molecule is CN(Cc1ccccc1)c1c(Cl)cncc1B1OC(C)(C)C(C)(C)O1. The second kappa shape index (κ2) is 6.63. The standard InChI is InChI=1S/C19H24BClN2O2/c1-18(2)19(3,4)25-20(24-18)15-11-22-12-16(21)17(15)23(5)13-14-9-7-6-8-10-14/h6-12H,13H2,1-5H3. The van der Waals surface area contributed by atoms with Crippen molar-refractivity contribution in [1.29, 1.82) is 0 Å². The van der Waals surface area contributed by atoms with Crippen LogP contribution in [-0.2, 0) is 15.9 Å². The highest BCUT2D eigenvalue weighted by Crippen LogP contribution is 2.37. The molecule has 1 aliphatic heterocycles. The second-order valence-electron chi connectivity index (χ2n) is 7.49. The van der Waals surface area contributed by atoms with Gasteiger partial charge >= 0.3 is 7.12 Å². The largest absolute Gasteiger partial charge is 0.498 e. The first kappa shape index (κ1) is 18.2. The average molecular weight is 359 g/mol. The number of anilines is 1. The van der Waals surface area contributed by atoms with Gasteiger partial charge in [-0.1, -0.05) is 41.9 Å². The molecule has 1 saturated heterocycles. The van der Waals surface area contributed by atoms with Crippen LogP contribution in [0.25, 0.3) is 0 Å². The van der Waals surface area contributed by atoms with E-state index in [-0.39, 0.29) is 0 Å². The summed E-state index contributed by atoms with van der Waals surface area (Å²) in [4.78, 5) is 6.37. The molecule has 6 heteroatoms. The number of pyridine rings is 1. The van der Waals surface area contributed by atoms with Crippen LogP contribution in [0.1, 0.15) is 33.3 Å². The Labute approximate surface area is 155 Å². The van der Waals surface area contributed by atoms with Gasteiger partial charge in [0, 0.05) is 31.4 Å². The Morgan fingerprint density at radius 1 is 1.04 bits per heavy atom. The number of benzene rings is 1. The third-order valence-electron chi connectivity index (χ3n) is 5.05. The molecule has 1 aromatic heterocycles. The lowest BCUT2D eigenvalue weighted by Gasteiger charge is -2.32. The predicted molar refractivity (Wildman–Crippen MR) is 104 cm³/mol. The zero-order chi connectivity index (χ0) is 18.2. The molecular formula is C19H24BClN2O2. The van der Waals surface area contributed by atoms with Crippen molar-refractivity contribution in [2.75, 3.05) is 11.9 Å². The minimum atomic E-state index is -0.496. The van der Waals surface area contributed by atoms with Gasteiger partial charge in [0.1, 0.15) is 0 Å². The van der Waals surface area contributed by atoms with Gasteiger partial charge in [0.25, 0.3) is 0 Å². The molecule has 25 heavy (non-hydrogen) atoms. The van der Waals surface area contributed by atoms with E-state index in [0.29, 0.717) is 5.02 Å². The van der Waals surface area contributed by atoms with Crippen molar-refractivity contribution in [2.24, 2.45) is 0 Å². The minimum Gasteiger partial charge on any atom is -0.399 e. The lowest BCUT2D eigenvalue weighted by atomic mass is 9.78. The van der Waals surface area contributed by atoms with Crippen molar-refractivity contribution in [3.8, 4) is 0 Å². The van der Waals surface area contributed by atoms with E-state index >= 15 is 0 Å². The lowest BCUT2D eigenvalue weighted by molar-refractivity contribution is 0.00578. The van der Waals surface area contributed by atoms with E-state index in [2.05, 4.69) is 22.0 Å². The van der Waals surface area contributed by atoms with E-state index < -0.39 is 18.3 Å². The highest BCUT2D eigenvalue weighted by Gasteiger charge is 2.52. The molecule has 1 aliphatic rings. The van der Waals surface area contributed by atoms with Gasteiger partial charge in [-0.15, -0.1) is 0 Å². The summed E-state index contributed by atoms with van der Waals surface area (Å²) in [6.45, 7) is 8.89. The van der Waals surface area contributed by atoms with Crippen LogP contribution >= 0.6 is 11.6 Å². The number of nitrogens with zero attached hydrogens (tertiary/aromatic N) is 2. The molecule has 132 valence electrons. The van der Waals surface area contributed by atoms with Crippen molar-refractivity contribution in [2.45, 2.75) is 45.4 Å². The molecule has 0 aliphatic carbocycles. The molecule has 0 amide bonds. The molecule has 0 saturated carbocycles. The van der Waals surface area contributed by atoms with E-state index in [4.69, 9.17) is 20.9 Å². The van der Waals surface area contributed by atoms with Gasteiger partial charge in [-0.25, -0.2) is 0 Å². The number of hydrogen-bond acceptors (Lipinski definition) is 4. The van der Waals surface area contributed by atoms with Gasteiger partial charge in [0.2, 0.25) is 0 Å². The summed E-state index contributed by atoms with van der Waals surface area (Å²) >= 11 is 6.50. The second-order valence-corrected chi connectivity index (χ2v) is 7.90. The van der Waals surface area contributed by atoms with Crippen LogP contribution < -0.4 is 10.4 Å². The fourth-order valence-electron chi connectivity index (χ4n) is 2.92. The first-order chi connectivity index (χ1) is 11.7. The third kappa shape index (κ3) is 3.54. The number of halogens is 1. The van der Waals surface area contributed by atoms with Crippen molar-refractivity contribution in [1.82, 2.24) is 4.98 Å². The first-order valence-electron chi connectivity index (χ1n) is 8.45. The van der Waals surface area contributed by atoms with Crippen LogP contribution in [0, 0.1) is 0 Å². The van der Waals surface area contributed by atoms with E-state index in [1.165, 1.54) is 5.56 Å². The highest BCUT2D eigenvalue weighted by molar-refractivity contribution is 6.64. The Kier molecular flexibility index (Phi) is 4.84. The number of aromatic nitrogens is 1. The Hall–Kier alpha value is -1.56. The molecule has 0 bridgehead atoms. The summed E-state index contributed by atoms with van der Waals surface area (Å²) in [5.41, 5.74) is 2.13. The molecule has 2 aromatic rings. The number of hydrogen-bond donors (Lipinski definition) is 0. The Morgan fingerprint density at radius 3 is 2.24 bits per heavy atom. The van der Waals surface area contributed by atoms with Crippen LogP contribution in [0.2, 0.25) is 5.02 Å². The van der Waals surface area contributed by atoms with Crippen LogP contribution in [0.5, 0.6) is 0 Å². The van der Waals surface area contributed by atoms with Crippen LogP contribution in [-0.4, -0.2) is 30.4 Å². The maximum Gasteiger partial charge on any atom is 0.498 e. The summed E-state index contributed by atoms with van der Waals surface area (Å²) in [6, 6.07) is 10.3. The van der Waals surface area contributed by atoms with Crippen LogP contribution in [0.4, 0.5) is 5.69 Å². The monoisotopic (exact) mass is 358 g/mol. The summed E-state index contributed by atoms with van der Waals surface area (Å²) in [7, 11) is 1.52. The van der Waals surface area contributed by atoms with E-state index in [0.717, 1.165) is 17.7 Å². The maximum absolute atomic E-state index is 6.50. The molecule has 0 radical (unpaired) electrons. The molecular weight excluding hydrogens is 334 g/mol. The average Bonchev–Trinajstić information content (AvgIpc) is 2.76. The van der Waals surface area contributed by atoms with Gasteiger partial charge in [0.05, 0.1) is 21.9 Å². The zero-order valence-corrected chi connectivity index (χ0v) is 16.2.